The smallest absolute Gasteiger partial charge is 0.137 e. The van der Waals surface area contributed by atoms with E-state index in [4.69, 9.17) is 4.42 Å². The first kappa shape index (κ1) is 18.0. The maximum atomic E-state index is 5.81. The van der Waals surface area contributed by atoms with Crippen LogP contribution in [-0.4, -0.2) is 11.1 Å². The lowest BCUT2D eigenvalue weighted by atomic mass is 9.93. The highest BCUT2D eigenvalue weighted by molar-refractivity contribution is 9.10. The number of benzene rings is 2. The van der Waals surface area contributed by atoms with Gasteiger partial charge in [-0.25, -0.2) is 0 Å². The van der Waals surface area contributed by atoms with E-state index in [2.05, 4.69) is 77.0 Å². The van der Waals surface area contributed by atoms with Gasteiger partial charge >= 0.3 is 0 Å². The van der Waals surface area contributed by atoms with Crippen LogP contribution in [0.5, 0.6) is 0 Å². The molecule has 4 aromatic rings. The lowest BCUT2D eigenvalue weighted by Gasteiger charge is -2.26. The van der Waals surface area contributed by atoms with Crippen LogP contribution in [0.2, 0.25) is 0 Å². The second-order valence-corrected chi connectivity index (χ2v) is 9.13. The summed E-state index contributed by atoms with van der Waals surface area (Å²) >= 11 is 3.66. The number of hydrogen-bond donors (Lipinski definition) is 1. The molecule has 0 amide bonds. The molecular formula is C24H25BrN2O. The molecule has 2 aromatic heterocycles. The second-order valence-electron chi connectivity index (χ2n) is 8.22. The van der Waals surface area contributed by atoms with Gasteiger partial charge in [-0.05, 0) is 72.3 Å². The summed E-state index contributed by atoms with van der Waals surface area (Å²) in [5, 5.41) is 6.34. The van der Waals surface area contributed by atoms with Gasteiger partial charge in [-0.2, -0.15) is 0 Å². The SMILES string of the molecule is CC(C)c1ccc2c(c1)c1c(n2C)C(Cc2cc(Br)cc3ccoc23)NCC1. The first-order valence-electron chi connectivity index (χ1n) is 10.0. The van der Waals surface area contributed by atoms with E-state index < -0.39 is 0 Å². The van der Waals surface area contributed by atoms with Crippen LogP contribution in [0, 0.1) is 0 Å². The van der Waals surface area contributed by atoms with E-state index in [1.807, 2.05) is 6.07 Å². The van der Waals surface area contributed by atoms with E-state index in [0.717, 1.165) is 34.8 Å². The number of rotatable bonds is 3. The number of hydrogen-bond acceptors (Lipinski definition) is 2. The van der Waals surface area contributed by atoms with Crippen LogP contribution in [0.25, 0.3) is 21.9 Å². The summed E-state index contributed by atoms with van der Waals surface area (Å²) in [6, 6.07) is 13.6. The highest BCUT2D eigenvalue weighted by atomic mass is 79.9. The Morgan fingerprint density at radius 3 is 2.89 bits per heavy atom. The molecule has 1 aliphatic rings. The highest BCUT2D eigenvalue weighted by Crippen LogP contribution is 2.37. The minimum Gasteiger partial charge on any atom is -0.464 e. The average Bonchev–Trinajstić information content (AvgIpc) is 3.25. The molecule has 5 rings (SSSR count). The Kier molecular flexibility index (Phi) is 4.37. The number of furan rings is 1. The van der Waals surface area contributed by atoms with Crippen LogP contribution >= 0.6 is 15.9 Å². The average molecular weight is 437 g/mol. The minimum absolute atomic E-state index is 0.284. The van der Waals surface area contributed by atoms with E-state index in [0.29, 0.717) is 5.92 Å². The van der Waals surface area contributed by atoms with Crippen LogP contribution in [0.1, 0.15) is 48.2 Å². The van der Waals surface area contributed by atoms with Gasteiger partial charge in [0.1, 0.15) is 5.58 Å². The van der Waals surface area contributed by atoms with Gasteiger partial charge in [-0.15, -0.1) is 0 Å². The molecule has 0 aliphatic carbocycles. The van der Waals surface area contributed by atoms with Crippen LogP contribution in [0.3, 0.4) is 0 Å². The number of fused-ring (bicyclic) bond motifs is 4. The van der Waals surface area contributed by atoms with Crippen molar-refractivity contribution in [3.05, 3.63) is 69.5 Å². The fourth-order valence-corrected chi connectivity index (χ4v) is 5.27. The van der Waals surface area contributed by atoms with Crippen molar-refractivity contribution in [1.29, 1.82) is 0 Å². The molecule has 0 fully saturated rings. The van der Waals surface area contributed by atoms with Gasteiger partial charge in [0.2, 0.25) is 0 Å². The summed E-state index contributed by atoms with van der Waals surface area (Å²) in [4.78, 5) is 0. The van der Waals surface area contributed by atoms with Crippen molar-refractivity contribution in [2.75, 3.05) is 6.54 Å². The first-order chi connectivity index (χ1) is 13.5. The molecule has 1 N–H and O–H groups in total. The fourth-order valence-electron chi connectivity index (χ4n) is 4.75. The van der Waals surface area contributed by atoms with E-state index >= 15 is 0 Å². The van der Waals surface area contributed by atoms with Crippen molar-refractivity contribution in [3.8, 4) is 0 Å². The maximum Gasteiger partial charge on any atom is 0.137 e. The predicted molar refractivity (Wildman–Crippen MR) is 119 cm³/mol. The van der Waals surface area contributed by atoms with Crippen molar-refractivity contribution < 1.29 is 4.42 Å². The molecule has 0 saturated heterocycles. The Hall–Kier alpha value is -2.04. The molecular weight excluding hydrogens is 412 g/mol. The summed E-state index contributed by atoms with van der Waals surface area (Å²) in [6.45, 7) is 5.55. The standard InChI is InChI=1S/C24H25BrN2O/c1-14(2)15-4-5-22-20(12-15)19-6-8-26-21(23(19)27(22)3)13-17-11-18(25)10-16-7-9-28-24(16)17/h4-5,7,9-12,14,21,26H,6,8,13H2,1-3H3. The quantitative estimate of drug-likeness (QED) is 0.411. The Morgan fingerprint density at radius 2 is 2.07 bits per heavy atom. The Labute approximate surface area is 173 Å². The predicted octanol–water partition coefficient (Wildman–Crippen LogP) is 6.24. The molecule has 0 bridgehead atoms. The van der Waals surface area contributed by atoms with Crippen molar-refractivity contribution in [2.45, 2.75) is 38.6 Å². The monoisotopic (exact) mass is 436 g/mol. The Morgan fingerprint density at radius 1 is 1.21 bits per heavy atom. The Bertz CT molecular complexity index is 1180. The molecule has 1 aliphatic heterocycles. The molecule has 3 nitrogen and oxygen atoms in total. The molecule has 3 heterocycles. The van der Waals surface area contributed by atoms with Crippen LogP contribution < -0.4 is 5.32 Å². The van der Waals surface area contributed by atoms with E-state index in [1.54, 1.807) is 6.26 Å². The molecule has 2 aromatic carbocycles. The zero-order chi connectivity index (χ0) is 19.4. The molecule has 1 unspecified atom stereocenters. The van der Waals surface area contributed by atoms with Crippen LogP contribution in [-0.2, 0) is 19.9 Å². The molecule has 0 spiro atoms. The van der Waals surface area contributed by atoms with Crippen molar-refractivity contribution in [3.63, 3.8) is 0 Å². The summed E-state index contributed by atoms with van der Waals surface area (Å²) < 4.78 is 9.30. The third-order valence-electron chi connectivity index (χ3n) is 6.16. The number of halogens is 1. The number of aryl methyl sites for hydroxylation is 1. The highest BCUT2D eigenvalue weighted by Gasteiger charge is 2.27. The summed E-state index contributed by atoms with van der Waals surface area (Å²) in [7, 11) is 2.21. The van der Waals surface area contributed by atoms with Crippen LogP contribution in [0.4, 0.5) is 0 Å². The third-order valence-corrected chi connectivity index (χ3v) is 6.61. The maximum absolute atomic E-state index is 5.81. The largest absolute Gasteiger partial charge is 0.464 e. The van der Waals surface area contributed by atoms with Crippen molar-refractivity contribution >= 4 is 37.8 Å². The molecule has 4 heteroatoms. The lowest BCUT2D eigenvalue weighted by Crippen LogP contribution is -2.32. The van der Waals surface area contributed by atoms with E-state index in [9.17, 15) is 0 Å². The Balaban J connectivity index is 1.62. The van der Waals surface area contributed by atoms with Crippen molar-refractivity contribution in [1.82, 2.24) is 9.88 Å². The molecule has 1 atom stereocenters. The first-order valence-corrected chi connectivity index (χ1v) is 10.8. The van der Waals surface area contributed by atoms with Gasteiger partial charge in [0.25, 0.3) is 0 Å². The second kappa shape index (κ2) is 6.78. The normalized spacial score (nSPS) is 17.0. The van der Waals surface area contributed by atoms with E-state index in [1.165, 1.54) is 33.3 Å². The zero-order valence-corrected chi connectivity index (χ0v) is 18.1. The summed E-state index contributed by atoms with van der Waals surface area (Å²) in [5.41, 5.74) is 7.92. The molecule has 28 heavy (non-hydrogen) atoms. The van der Waals surface area contributed by atoms with Gasteiger partial charge in [-0.1, -0.05) is 35.8 Å². The third kappa shape index (κ3) is 2.82. The van der Waals surface area contributed by atoms with E-state index in [-0.39, 0.29) is 6.04 Å². The van der Waals surface area contributed by atoms with Gasteiger partial charge in [-0.3, -0.25) is 0 Å². The fraction of sp³-hybridized carbons (Fsp3) is 0.333. The topological polar surface area (TPSA) is 30.1 Å². The number of nitrogens with one attached hydrogen (secondary N) is 1. The number of aromatic nitrogens is 1. The van der Waals surface area contributed by atoms with Gasteiger partial charge in [0, 0.05) is 33.5 Å². The zero-order valence-electron chi connectivity index (χ0n) is 16.6. The molecule has 144 valence electrons. The lowest BCUT2D eigenvalue weighted by molar-refractivity contribution is 0.478. The number of nitrogens with zero attached hydrogens (tertiary/aromatic N) is 1. The van der Waals surface area contributed by atoms with Gasteiger partial charge in [0.15, 0.2) is 0 Å². The molecule has 0 radical (unpaired) electrons. The van der Waals surface area contributed by atoms with Crippen molar-refractivity contribution in [2.24, 2.45) is 7.05 Å². The van der Waals surface area contributed by atoms with Crippen LogP contribution in [0.15, 0.2) is 51.6 Å². The van der Waals surface area contributed by atoms with Gasteiger partial charge < -0.3 is 14.3 Å². The minimum atomic E-state index is 0.284. The summed E-state index contributed by atoms with van der Waals surface area (Å²) in [6.07, 6.45) is 3.78. The summed E-state index contributed by atoms with van der Waals surface area (Å²) in [5.74, 6) is 0.548. The molecule has 0 saturated carbocycles. The van der Waals surface area contributed by atoms with Gasteiger partial charge in [0.05, 0.1) is 12.3 Å².